The van der Waals surface area contributed by atoms with E-state index in [1.165, 1.54) is 4.80 Å². The zero-order chi connectivity index (χ0) is 23.2. The van der Waals surface area contributed by atoms with Crippen LogP contribution >= 0.6 is 0 Å². The quantitative estimate of drug-likeness (QED) is 0.407. The lowest BCUT2D eigenvalue weighted by molar-refractivity contribution is 0.0709. The van der Waals surface area contributed by atoms with Crippen molar-refractivity contribution in [2.75, 3.05) is 6.54 Å². The van der Waals surface area contributed by atoms with Gasteiger partial charge >= 0.3 is 0 Å². The molecule has 3 aromatic heterocycles. The molecule has 1 atom stereocenters. The third-order valence-corrected chi connectivity index (χ3v) is 6.40. The Labute approximate surface area is 195 Å². The Balaban J connectivity index is 1.35. The molecule has 1 saturated heterocycles. The summed E-state index contributed by atoms with van der Waals surface area (Å²) in [7, 11) is 2.00. The summed E-state index contributed by atoms with van der Waals surface area (Å²) in [4.78, 5) is 21.8. The first kappa shape index (κ1) is 20.3. The summed E-state index contributed by atoms with van der Waals surface area (Å²) in [5.41, 5.74) is 4.14. The first-order chi connectivity index (χ1) is 16.6. The maximum Gasteiger partial charge on any atom is 0.256 e. The number of fused-ring (bicyclic) bond motifs is 1. The van der Waals surface area contributed by atoms with Gasteiger partial charge in [-0.1, -0.05) is 28.9 Å². The van der Waals surface area contributed by atoms with E-state index in [1.54, 1.807) is 12.4 Å². The second-order valence-electron chi connectivity index (χ2n) is 8.62. The minimum absolute atomic E-state index is 0.0946. The van der Waals surface area contributed by atoms with Crippen molar-refractivity contribution in [1.29, 1.82) is 0 Å². The maximum atomic E-state index is 13.7. The number of para-hydroxylation sites is 1. The largest absolute Gasteiger partial charge is 0.350 e. The molecule has 0 radical (unpaired) electrons. The molecule has 1 aliphatic rings. The highest BCUT2D eigenvalue weighted by molar-refractivity contribution is 5.98. The molecule has 0 saturated carbocycles. The zero-order valence-electron chi connectivity index (χ0n) is 18.9. The molecular formula is C25H23N7O2. The van der Waals surface area contributed by atoms with Gasteiger partial charge in [0.15, 0.2) is 0 Å². The van der Waals surface area contributed by atoms with Gasteiger partial charge in [0.05, 0.1) is 29.2 Å². The zero-order valence-corrected chi connectivity index (χ0v) is 18.9. The van der Waals surface area contributed by atoms with Gasteiger partial charge in [-0.3, -0.25) is 4.79 Å². The number of hydrogen-bond acceptors (Lipinski definition) is 6. The van der Waals surface area contributed by atoms with Crippen molar-refractivity contribution in [3.8, 4) is 17.1 Å². The molecule has 6 rings (SSSR count). The van der Waals surface area contributed by atoms with Gasteiger partial charge in [-0.15, -0.1) is 0 Å². The van der Waals surface area contributed by atoms with Gasteiger partial charge in [-0.05, 0) is 44.0 Å². The van der Waals surface area contributed by atoms with Gasteiger partial charge < -0.3 is 14.0 Å². The molecule has 5 aromatic rings. The van der Waals surface area contributed by atoms with Gasteiger partial charge in [0.1, 0.15) is 6.04 Å². The minimum atomic E-state index is -0.277. The van der Waals surface area contributed by atoms with E-state index < -0.39 is 0 Å². The first-order valence-corrected chi connectivity index (χ1v) is 11.3. The fraction of sp³-hybridized carbons (Fsp3) is 0.240. The van der Waals surface area contributed by atoms with Crippen LogP contribution in [0.15, 0.2) is 65.6 Å². The first-order valence-electron chi connectivity index (χ1n) is 11.3. The fourth-order valence-electron chi connectivity index (χ4n) is 4.77. The monoisotopic (exact) mass is 453 g/mol. The molecular weight excluding hydrogens is 430 g/mol. The lowest BCUT2D eigenvalue weighted by Crippen LogP contribution is -2.31. The number of rotatable bonds is 4. The summed E-state index contributed by atoms with van der Waals surface area (Å²) in [6, 6.07) is 13.5. The van der Waals surface area contributed by atoms with Crippen LogP contribution in [0.3, 0.4) is 0 Å². The van der Waals surface area contributed by atoms with Crippen LogP contribution in [-0.2, 0) is 7.05 Å². The van der Waals surface area contributed by atoms with Crippen molar-refractivity contribution in [2.24, 2.45) is 7.05 Å². The van der Waals surface area contributed by atoms with E-state index in [-0.39, 0.29) is 11.9 Å². The number of amides is 1. The number of carbonyl (C=O) groups is 1. The van der Waals surface area contributed by atoms with Crippen LogP contribution in [0.4, 0.5) is 0 Å². The SMILES string of the molecule is Cc1ccc(-n2nccn2)c(C(=O)N2CCC[C@H]2c2nc(-c3cccc4ccn(C)c34)no2)c1. The van der Waals surface area contributed by atoms with Crippen LogP contribution in [-0.4, -0.2) is 47.1 Å². The number of nitrogens with zero attached hydrogens (tertiary/aromatic N) is 7. The molecule has 4 heterocycles. The number of benzene rings is 2. The van der Waals surface area contributed by atoms with Crippen molar-refractivity contribution in [1.82, 2.24) is 34.6 Å². The summed E-state index contributed by atoms with van der Waals surface area (Å²) in [5, 5.41) is 13.8. The van der Waals surface area contributed by atoms with Crippen molar-refractivity contribution in [3.63, 3.8) is 0 Å². The van der Waals surface area contributed by atoms with E-state index in [0.717, 1.165) is 34.9 Å². The summed E-state index contributed by atoms with van der Waals surface area (Å²) in [6.45, 7) is 2.58. The fourth-order valence-corrected chi connectivity index (χ4v) is 4.77. The number of aromatic nitrogens is 6. The van der Waals surface area contributed by atoms with Crippen LogP contribution in [0.5, 0.6) is 0 Å². The van der Waals surface area contributed by atoms with Crippen molar-refractivity contribution in [3.05, 3.63) is 78.1 Å². The average molecular weight is 454 g/mol. The van der Waals surface area contributed by atoms with E-state index in [9.17, 15) is 4.79 Å². The predicted molar refractivity (Wildman–Crippen MR) is 125 cm³/mol. The number of aryl methyl sites for hydroxylation is 2. The Morgan fingerprint density at radius 3 is 2.82 bits per heavy atom. The molecule has 9 nitrogen and oxygen atoms in total. The predicted octanol–water partition coefficient (Wildman–Crippen LogP) is 4.09. The highest BCUT2D eigenvalue weighted by atomic mass is 16.5. The number of carbonyl (C=O) groups excluding carboxylic acids is 1. The van der Waals surface area contributed by atoms with E-state index >= 15 is 0 Å². The van der Waals surface area contributed by atoms with E-state index in [4.69, 9.17) is 9.51 Å². The summed E-state index contributed by atoms with van der Waals surface area (Å²) < 4.78 is 7.77. The summed E-state index contributed by atoms with van der Waals surface area (Å²) in [6.07, 6.45) is 6.84. The average Bonchev–Trinajstić information content (AvgIpc) is 3.65. The third-order valence-electron chi connectivity index (χ3n) is 6.40. The Morgan fingerprint density at radius 2 is 1.97 bits per heavy atom. The van der Waals surface area contributed by atoms with Crippen LogP contribution in [0.1, 0.15) is 40.7 Å². The Kier molecular flexibility index (Phi) is 4.75. The van der Waals surface area contributed by atoms with E-state index in [2.05, 4.69) is 32.1 Å². The van der Waals surface area contributed by atoms with Crippen molar-refractivity contribution < 1.29 is 9.32 Å². The molecule has 170 valence electrons. The van der Waals surface area contributed by atoms with Gasteiger partial charge in [-0.2, -0.15) is 20.0 Å². The van der Waals surface area contributed by atoms with E-state index in [1.807, 2.05) is 55.4 Å². The Morgan fingerprint density at radius 1 is 1.12 bits per heavy atom. The molecule has 34 heavy (non-hydrogen) atoms. The van der Waals surface area contributed by atoms with Crippen molar-refractivity contribution in [2.45, 2.75) is 25.8 Å². The van der Waals surface area contributed by atoms with Crippen LogP contribution in [0.25, 0.3) is 28.0 Å². The number of likely N-dealkylation sites (tertiary alicyclic amines) is 1. The lowest BCUT2D eigenvalue weighted by atomic mass is 10.1. The third kappa shape index (κ3) is 3.28. The molecule has 0 bridgehead atoms. The van der Waals surface area contributed by atoms with E-state index in [0.29, 0.717) is 29.5 Å². The summed E-state index contributed by atoms with van der Waals surface area (Å²) in [5.74, 6) is 0.889. The standard InChI is InChI=1S/C25H23N7O2/c1-16-8-9-20(32-26-11-12-27-32)19(15-16)25(33)31-13-4-7-21(31)24-28-23(29-34-24)18-6-3-5-17-10-14-30(2)22(17)18/h3,5-6,8-12,14-15,21H,4,7,13H2,1-2H3/t21-/m0/s1. The molecule has 1 aliphatic heterocycles. The van der Waals surface area contributed by atoms with Gasteiger partial charge in [0.25, 0.3) is 5.91 Å². The van der Waals surface area contributed by atoms with Gasteiger partial charge in [-0.25, -0.2) is 0 Å². The normalized spacial score (nSPS) is 15.9. The molecule has 9 heteroatoms. The number of hydrogen-bond donors (Lipinski definition) is 0. The van der Waals surface area contributed by atoms with Crippen LogP contribution in [0, 0.1) is 6.92 Å². The molecule has 0 N–H and O–H groups in total. The van der Waals surface area contributed by atoms with Crippen molar-refractivity contribution >= 4 is 16.8 Å². The van der Waals surface area contributed by atoms with Crippen LogP contribution in [0.2, 0.25) is 0 Å². The summed E-state index contributed by atoms with van der Waals surface area (Å²) >= 11 is 0. The minimum Gasteiger partial charge on any atom is -0.350 e. The molecule has 0 aliphatic carbocycles. The molecule has 1 fully saturated rings. The molecule has 2 aromatic carbocycles. The van der Waals surface area contributed by atoms with Crippen LogP contribution < -0.4 is 0 Å². The molecule has 0 spiro atoms. The topological polar surface area (TPSA) is 94.9 Å². The second-order valence-corrected chi connectivity index (χ2v) is 8.62. The molecule has 1 amide bonds. The molecule has 0 unspecified atom stereocenters. The van der Waals surface area contributed by atoms with Gasteiger partial charge in [0, 0.05) is 30.7 Å². The highest BCUT2D eigenvalue weighted by Crippen LogP contribution is 2.35. The lowest BCUT2D eigenvalue weighted by Gasteiger charge is -2.23. The maximum absolute atomic E-state index is 13.7. The highest BCUT2D eigenvalue weighted by Gasteiger charge is 2.36. The second kappa shape index (κ2) is 7.95. The van der Waals surface area contributed by atoms with Gasteiger partial charge in [0.2, 0.25) is 11.7 Å². The Bertz CT molecular complexity index is 1500. The Hall–Kier alpha value is -4.27. The smallest absolute Gasteiger partial charge is 0.256 e.